The van der Waals surface area contributed by atoms with Crippen LogP contribution in [0.4, 0.5) is 10.1 Å². The number of piperidine rings is 1. The van der Waals surface area contributed by atoms with Crippen LogP contribution in [-0.4, -0.2) is 59.6 Å². The number of hydrogen-bond donors (Lipinski definition) is 1. The lowest BCUT2D eigenvalue weighted by Gasteiger charge is -2.35. The monoisotopic (exact) mass is 523 g/mol. The van der Waals surface area contributed by atoms with E-state index in [0.717, 1.165) is 21.7 Å². The summed E-state index contributed by atoms with van der Waals surface area (Å²) in [7, 11) is 2.88. The first kappa shape index (κ1) is 26.7. The Balaban J connectivity index is 1.71. The fourth-order valence-electron chi connectivity index (χ4n) is 3.68. The smallest absolute Gasteiger partial charge is 0.258 e. The normalized spacial score (nSPS) is 17.9. The Bertz CT molecular complexity index is 1070. The lowest BCUT2D eigenvalue weighted by Crippen LogP contribution is -2.51. The topological polar surface area (TPSA) is 52.7 Å². The van der Waals surface area contributed by atoms with Crippen LogP contribution < -0.4 is 10.2 Å². The van der Waals surface area contributed by atoms with Gasteiger partial charge >= 0.3 is 0 Å². The number of carbonyl (C=O) groups is 1. The number of carbonyl (C=O) groups excluding carboxylic acids is 1. The number of nitrogens with zero attached hydrogens (tertiary/aromatic N) is 2. The highest BCUT2D eigenvalue weighted by molar-refractivity contribution is 7.97. The molecule has 34 heavy (non-hydrogen) atoms. The van der Waals surface area contributed by atoms with Crippen molar-refractivity contribution in [2.45, 2.75) is 36.4 Å². The van der Waals surface area contributed by atoms with Crippen LogP contribution in [0.2, 0.25) is 5.02 Å². The maximum atomic E-state index is 15.4. The van der Waals surface area contributed by atoms with Crippen molar-refractivity contribution in [3.05, 3.63) is 59.0 Å². The molecular formula is C25H31ClFN3O2S2. The Kier molecular flexibility index (Phi) is 9.20. The van der Waals surface area contributed by atoms with Gasteiger partial charge in [0.1, 0.15) is 0 Å². The maximum absolute atomic E-state index is 15.4. The second-order valence-corrected chi connectivity index (χ2v) is 11.4. The summed E-state index contributed by atoms with van der Waals surface area (Å²) in [6.07, 6.45) is 3.38. The molecular weight excluding hydrogens is 493 g/mol. The van der Waals surface area contributed by atoms with Crippen LogP contribution in [0, 0.1) is 0 Å². The Hall–Kier alpha value is -1.87. The Labute approximate surface area is 213 Å². The highest BCUT2D eigenvalue weighted by atomic mass is 35.5. The SMILES string of the molecule is CC(/C=C\S(C)=O)NC(=O)C1(F)CCN(Sc2ccc(N(C)C)cc2-c2ccccc2Cl)CC1. The average molecular weight is 524 g/mol. The summed E-state index contributed by atoms with van der Waals surface area (Å²) >= 11 is 8.07. The third-order valence-electron chi connectivity index (χ3n) is 5.71. The zero-order valence-corrected chi connectivity index (χ0v) is 22.3. The third-order valence-corrected chi connectivity index (χ3v) is 7.76. The summed E-state index contributed by atoms with van der Waals surface area (Å²) in [5.74, 6) is -0.608. The summed E-state index contributed by atoms with van der Waals surface area (Å²) in [4.78, 5) is 15.6. The van der Waals surface area contributed by atoms with Gasteiger partial charge in [0, 0.05) is 95.3 Å². The van der Waals surface area contributed by atoms with E-state index in [0.29, 0.717) is 18.1 Å². The molecule has 0 aromatic heterocycles. The van der Waals surface area contributed by atoms with E-state index in [4.69, 9.17) is 11.6 Å². The van der Waals surface area contributed by atoms with Crippen molar-refractivity contribution >= 4 is 45.9 Å². The summed E-state index contributed by atoms with van der Waals surface area (Å²) in [5, 5.41) is 4.85. The number of benzene rings is 2. The molecule has 3 rings (SSSR count). The lowest BCUT2D eigenvalue weighted by atomic mass is 9.93. The summed E-state index contributed by atoms with van der Waals surface area (Å²) < 4.78 is 28.7. The van der Waals surface area contributed by atoms with Crippen molar-refractivity contribution in [2.24, 2.45) is 0 Å². The second-order valence-electron chi connectivity index (χ2n) is 8.63. The highest BCUT2D eigenvalue weighted by Gasteiger charge is 2.42. The first-order valence-corrected chi connectivity index (χ1v) is 13.9. The molecule has 0 spiro atoms. The molecule has 1 amide bonds. The van der Waals surface area contributed by atoms with Crippen molar-refractivity contribution in [2.75, 3.05) is 38.3 Å². The zero-order chi connectivity index (χ0) is 24.9. The van der Waals surface area contributed by atoms with Gasteiger partial charge in [-0.25, -0.2) is 8.70 Å². The van der Waals surface area contributed by atoms with Gasteiger partial charge in [0.15, 0.2) is 5.67 Å². The van der Waals surface area contributed by atoms with Crippen LogP contribution in [0.5, 0.6) is 0 Å². The van der Waals surface area contributed by atoms with E-state index in [-0.39, 0.29) is 18.9 Å². The Morgan fingerprint density at radius 1 is 1.24 bits per heavy atom. The Morgan fingerprint density at radius 3 is 2.53 bits per heavy atom. The quantitative estimate of drug-likeness (QED) is 0.477. The van der Waals surface area contributed by atoms with Crippen LogP contribution >= 0.6 is 23.5 Å². The minimum absolute atomic E-state index is 0.110. The molecule has 2 aromatic carbocycles. The molecule has 1 aliphatic rings. The molecule has 1 heterocycles. The van der Waals surface area contributed by atoms with E-state index in [1.165, 1.54) is 5.41 Å². The number of alkyl halides is 1. The summed E-state index contributed by atoms with van der Waals surface area (Å²) in [5.41, 5.74) is 1.12. The van der Waals surface area contributed by atoms with Gasteiger partial charge < -0.3 is 10.2 Å². The van der Waals surface area contributed by atoms with Gasteiger partial charge in [0.05, 0.1) is 0 Å². The number of nitrogens with one attached hydrogen (secondary N) is 1. The third kappa shape index (κ3) is 6.84. The molecule has 0 saturated carbocycles. The molecule has 2 atom stereocenters. The van der Waals surface area contributed by atoms with Gasteiger partial charge in [-0.1, -0.05) is 35.9 Å². The molecule has 1 N–H and O–H groups in total. The molecule has 1 aliphatic heterocycles. The fraction of sp³-hybridized carbons (Fsp3) is 0.400. The van der Waals surface area contributed by atoms with Gasteiger partial charge in [0.2, 0.25) is 0 Å². The molecule has 184 valence electrons. The van der Waals surface area contributed by atoms with Crippen LogP contribution in [0.15, 0.2) is 58.8 Å². The van der Waals surface area contributed by atoms with Gasteiger partial charge in [-0.05, 0) is 43.1 Å². The van der Waals surface area contributed by atoms with Gasteiger partial charge in [0.25, 0.3) is 5.91 Å². The summed E-state index contributed by atoms with van der Waals surface area (Å²) in [6.45, 7) is 2.62. The standard InChI is InChI=1S/C25H31ClFN3O2S2/c1-18(11-16-34(4)32)28-24(31)25(27)12-14-30(15-13-25)33-23-10-9-19(29(2)3)17-21(23)20-7-5-6-8-22(20)26/h5-11,16-18H,12-15H2,1-4H3,(H,28,31)/b16-11-. The number of halogens is 2. The highest BCUT2D eigenvalue weighted by Crippen LogP contribution is 2.40. The van der Waals surface area contributed by atoms with E-state index in [2.05, 4.69) is 27.8 Å². The second kappa shape index (κ2) is 11.7. The molecule has 0 radical (unpaired) electrons. The first-order chi connectivity index (χ1) is 16.1. The molecule has 5 nitrogen and oxygen atoms in total. The molecule has 2 aromatic rings. The lowest BCUT2D eigenvalue weighted by molar-refractivity contribution is -0.135. The first-order valence-electron chi connectivity index (χ1n) is 11.1. The average Bonchev–Trinajstić information content (AvgIpc) is 2.80. The van der Waals surface area contributed by atoms with E-state index >= 15 is 4.39 Å². The number of amides is 1. The van der Waals surface area contributed by atoms with Crippen LogP contribution in [0.3, 0.4) is 0 Å². The van der Waals surface area contributed by atoms with Gasteiger partial charge in [-0.15, -0.1) is 0 Å². The van der Waals surface area contributed by atoms with Crippen molar-refractivity contribution in [3.8, 4) is 11.1 Å². The van der Waals surface area contributed by atoms with Crippen molar-refractivity contribution in [1.29, 1.82) is 0 Å². The minimum Gasteiger partial charge on any atom is -0.378 e. The fourth-order valence-corrected chi connectivity index (χ4v) is 5.41. The van der Waals surface area contributed by atoms with Crippen LogP contribution in [0.25, 0.3) is 11.1 Å². The van der Waals surface area contributed by atoms with E-state index < -0.39 is 22.4 Å². The molecule has 0 bridgehead atoms. The van der Waals surface area contributed by atoms with Gasteiger partial charge in [-0.2, -0.15) is 0 Å². The van der Waals surface area contributed by atoms with E-state index in [9.17, 15) is 9.00 Å². The maximum Gasteiger partial charge on any atom is 0.258 e. The molecule has 9 heteroatoms. The predicted molar refractivity (Wildman–Crippen MR) is 143 cm³/mol. The van der Waals surface area contributed by atoms with Crippen molar-refractivity contribution < 1.29 is 13.4 Å². The van der Waals surface area contributed by atoms with Crippen molar-refractivity contribution in [3.63, 3.8) is 0 Å². The number of hydrogen-bond acceptors (Lipinski definition) is 5. The molecule has 1 fully saturated rings. The predicted octanol–water partition coefficient (Wildman–Crippen LogP) is 5.28. The number of rotatable bonds is 8. The van der Waals surface area contributed by atoms with E-state index in [1.54, 1.807) is 31.2 Å². The summed E-state index contributed by atoms with van der Waals surface area (Å²) in [6, 6.07) is 13.6. The van der Waals surface area contributed by atoms with Crippen LogP contribution in [-0.2, 0) is 15.6 Å². The largest absolute Gasteiger partial charge is 0.378 e. The van der Waals surface area contributed by atoms with Gasteiger partial charge in [-0.3, -0.25) is 9.00 Å². The van der Waals surface area contributed by atoms with E-state index in [1.807, 2.05) is 43.3 Å². The van der Waals surface area contributed by atoms with Crippen molar-refractivity contribution in [1.82, 2.24) is 9.62 Å². The zero-order valence-electron chi connectivity index (χ0n) is 19.9. The number of anilines is 1. The van der Waals surface area contributed by atoms with Crippen LogP contribution in [0.1, 0.15) is 19.8 Å². The molecule has 2 unspecified atom stereocenters. The minimum atomic E-state index is -1.91. The molecule has 1 saturated heterocycles. The Morgan fingerprint density at radius 2 is 1.91 bits per heavy atom. The molecule has 0 aliphatic carbocycles.